The number of amides is 2. The monoisotopic (exact) mass is 561 g/mol. The number of carbonyl (C=O) groups excluding carboxylic acids is 2. The molecule has 0 aromatic heterocycles. The quantitative estimate of drug-likeness (QED) is 0.449. The van der Waals surface area contributed by atoms with Crippen molar-refractivity contribution in [3.05, 3.63) is 54.1 Å². The second-order valence-electron chi connectivity index (χ2n) is 11.4. The number of piperidine rings is 1. The van der Waals surface area contributed by atoms with E-state index in [0.717, 1.165) is 18.4 Å². The predicted octanol–water partition coefficient (Wildman–Crippen LogP) is 5.21. The molecule has 5 rings (SSSR count). The van der Waals surface area contributed by atoms with Gasteiger partial charge in [0, 0.05) is 13.0 Å². The molecule has 2 amide bonds. The van der Waals surface area contributed by atoms with E-state index in [1.807, 2.05) is 35.2 Å². The lowest BCUT2D eigenvalue weighted by Crippen LogP contribution is -2.53. The number of primary amides is 1. The zero-order valence-electron chi connectivity index (χ0n) is 22.3. The number of likely N-dealkylation sites (tertiary alicyclic amines) is 2. The minimum atomic E-state index is -4.16. The molecule has 0 radical (unpaired) electrons. The van der Waals surface area contributed by atoms with Crippen molar-refractivity contribution in [2.75, 3.05) is 32.8 Å². The molecule has 40 heavy (non-hydrogen) atoms. The topological polar surface area (TPSA) is 75.9 Å². The summed E-state index contributed by atoms with van der Waals surface area (Å²) in [5, 5.41) is 0. The van der Waals surface area contributed by atoms with Crippen LogP contribution in [0.25, 0.3) is 11.1 Å². The molecule has 6 nitrogen and oxygen atoms in total. The molecule has 2 saturated heterocycles. The molecule has 2 aromatic rings. The number of hydrogen-bond acceptors (Lipinski definition) is 4. The van der Waals surface area contributed by atoms with Crippen LogP contribution >= 0.6 is 0 Å². The summed E-state index contributed by atoms with van der Waals surface area (Å²) in [6, 6.07) is 13.4. The first-order chi connectivity index (χ1) is 19.1. The number of hydrogen-bond donors (Lipinski definition) is 1. The first-order valence-corrected chi connectivity index (χ1v) is 13.9. The highest BCUT2D eigenvalue weighted by Crippen LogP contribution is 2.53. The third-order valence-electron chi connectivity index (χ3n) is 8.78. The summed E-state index contributed by atoms with van der Waals surface area (Å²) < 4.78 is 61.0. The fraction of sp³-hybridized carbons (Fsp3) is 0.533. The molecule has 10 heteroatoms. The van der Waals surface area contributed by atoms with E-state index in [0.29, 0.717) is 37.4 Å². The highest BCUT2D eigenvalue weighted by Gasteiger charge is 2.58. The van der Waals surface area contributed by atoms with Crippen LogP contribution in [0.1, 0.15) is 48.9 Å². The van der Waals surface area contributed by atoms with Gasteiger partial charge in [-0.25, -0.2) is 4.39 Å². The van der Waals surface area contributed by atoms with E-state index in [1.165, 1.54) is 4.90 Å². The maximum atomic E-state index is 14.2. The Bertz CT molecular complexity index is 1210. The van der Waals surface area contributed by atoms with Crippen LogP contribution in [0, 0.1) is 11.3 Å². The van der Waals surface area contributed by atoms with Gasteiger partial charge in [0.05, 0.1) is 24.1 Å². The smallest absolute Gasteiger partial charge is 0.395 e. The third-order valence-corrected chi connectivity index (χ3v) is 8.78. The summed E-state index contributed by atoms with van der Waals surface area (Å²) in [5.41, 5.74) is 5.63. The van der Waals surface area contributed by atoms with Gasteiger partial charge in [0.15, 0.2) is 0 Å². The van der Waals surface area contributed by atoms with Crippen LogP contribution in [-0.4, -0.2) is 72.8 Å². The van der Waals surface area contributed by atoms with Gasteiger partial charge in [0.25, 0.3) is 5.91 Å². The van der Waals surface area contributed by atoms with Gasteiger partial charge in [-0.15, -0.1) is 0 Å². The van der Waals surface area contributed by atoms with E-state index in [1.54, 1.807) is 18.2 Å². The summed E-state index contributed by atoms with van der Waals surface area (Å²) in [7, 11) is 0. The van der Waals surface area contributed by atoms with Crippen LogP contribution in [0.15, 0.2) is 48.5 Å². The lowest BCUT2D eigenvalue weighted by Gasteiger charge is -2.47. The normalized spacial score (nSPS) is 23.6. The van der Waals surface area contributed by atoms with Crippen molar-refractivity contribution < 1.29 is 31.9 Å². The van der Waals surface area contributed by atoms with Gasteiger partial charge in [-0.3, -0.25) is 9.59 Å². The highest BCUT2D eigenvalue weighted by atomic mass is 19.4. The molecule has 3 fully saturated rings. The first-order valence-electron chi connectivity index (χ1n) is 13.9. The van der Waals surface area contributed by atoms with E-state index in [9.17, 15) is 27.2 Å². The van der Waals surface area contributed by atoms with E-state index in [4.69, 9.17) is 10.5 Å². The lowest BCUT2D eigenvalue weighted by molar-refractivity contribution is -0.256. The number of ether oxygens (including phenoxy) is 1. The Labute approximate surface area is 231 Å². The molecule has 0 bridgehead atoms. The average molecular weight is 562 g/mol. The predicted molar refractivity (Wildman–Crippen MR) is 142 cm³/mol. The Hall–Kier alpha value is -3.14. The number of rotatable bonds is 8. The maximum absolute atomic E-state index is 14.2. The Balaban J connectivity index is 1.26. The summed E-state index contributed by atoms with van der Waals surface area (Å²) in [6.07, 6.45) is -3.10. The maximum Gasteiger partial charge on any atom is 0.395 e. The Kier molecular flexibility index (Phi) is 8.08. The van der Waals surface area contributed by atoms with E-state index >= 15 is 0 Å². The molecule has 2 N–H and O–H groups in total. The number of benzene rings is 2. The van der Waals surface area contributed by atoms with Crippen LogP contribution in [-0.2, 0) is 4.79 Å². The first kappa shape index (κ1) is 28.4. The van der Waals surface area contributed by atoms with Crippen LogP contribution in [0.4, 0.5) is 17.6 Å². The second-order valence-corrected chi connectivity index (χ2v) is 11.4. The third kappa shape index (κ3) is 5.82. The summed E-state index contributed by atoms with van der Waals surface area (Å²) >= 11 is 0. The van der Waals surface area contributed by atoms with Crippen molar-refractivity contribution >= 4 is 11.8 Å². The van der Waals surface area contributed by atoms with Gasteiger partial charge in [0.2, 0.25) is 5.91 Å². The number of nitrogens with two attached hydrogens (primary N) is 1. The summed E-state index contributed by atoms with van der Waals surface area (Å²) in [6.45, 7) is 1.42. The Morgan fingerprint density at radius 1 is 1.05 bits per heavy atom. The summed E-state index contributed by atoms with van der Waals surface area (Å²) in [5.74, 6) is -0.594. The molecule has 0 spiro atoms. The average Bonchev–Trinajstić information content (AvgIpc) is 3.31. The van der Waals surface area contributed by atoms with Crippen LogP contribution < -0.4 is 10.5 Å². The van der Waals surface area contributed by atoms with Gasteiger partial charge in [-0.1, -0.05) is 36.8 Å². The number of nitrogens with zero attached hydrogens (tertiary/aromatic N) is 2. The molecule has 2 aliphatic heterocycles. The molecular weight excluding hydrogens is 526 g/mol. The molecule has 0 unspecified atom stereocenters. The van der Waals surface area contributed by atoms with Crippen molar-refractivity contribution in [3.8, 4) is 16.9 Å². The van der Waals surface area contributed by atoms with Crippen molar-refractivity contribution in [2.45, 2.75) is 56.9 Å². The standard InChI is InChI=1S/C30H35F4N3O3/c31-22-15-26(27(35)38)37(17-22)28(39)25-16-23(7-8-24(25)21-5-2-1-3-6-21)40-18-20-9-13-36(14-10-20)19-29(11-4-12-29)30(32,33)34/h1-3,5-8,16,20,22,26H,4,9-15,17-19H2,(H2,35,38)/t22-,26-/m0/s1. The highest BCUT2D eigenvalue weighted by molar-refractivity contribution is 6.03. The van der Waals surface area contributed by atoms with Gasteiger partial charge < -0.3 is 20.3 Å². The molecule has 1 aliphatic carbocycles. The van der Waals surface area contributed by atoms with Crippen molar-refractivity contribution in [3.63, 3.8) is 0 Å². The second kappa shape index (κ2) is 11.4. The van der Waals surface area contributed by atoms with Gasteiger partial charge in [-0.2, -0.15) is 13.2 Å². The molecule has 2 heterocycles. The molecule has 2 atom stereocenters. The van der Waals surface area contributed by atoms with Crippen LogP contribution in [0.3, 0.4) is 0 Å². The zero-order chi connectivity index (χ0) is 28.5. The van der Waals surface area contributed by atoms with Gasteiger partial charge in [0.1, 0.15) is 18.0 Å². The van der Waals surface area contributed by atoms with Crippen LogP contribution in [0.5, 0.6) is 5.75 Å². The lowest BCUT2D eigenvalue weighted by atomic mass is 9.67. The van der Waals surface area contributed by atoms with E-state index in [2.05, 4.69) is 0 Å². The minimum absolute atomic E-state index is 0.0685. The van der Waals surface area contributed by atoms with Crippen LogP contribution in [0.2, 0.25) is 0 Å². The SMILES string of the molecule is NC(=O)[C@@H]1C[C@H](F)CN1C(=O)c1cc(OCC2CCN(CC3(C(F)(F)F)CCC3)CC2)ccc1-c1ccccc1. The molecule has 216 valence electrons. The molecule has 2 aromatic carbocycles. The molecule has 3 aliphatic rings. The van der Waals surface area contributed by atoms with E-state index < -0.39 is 35.6 Å². The summed E-state index contributed by atoms with van der Waals surface area (Å²) in [4.78, 5) is 28.7. The van der Waals surface area contributed by atoms with Crippen molar-refractivity contribution in [1.29, 1.82) is 0 Å². The largest absolute Gasteiger partial charge is 0.493 e. The minimum Gasteiger partial charge on any atom is -0.493 e. The van der Waals surface area contributed by atoms with Crippen molar-refractivity contribution in [1.82, 2.24) is 9.80 Å². The van der Waals surface area contributed by atoms with Gasteiger partial charge in [-0.05, 0) is 74.0 Å². The molecular formula is C30H35F4N3O3. The fourth-order valence-electron chi connectivity index (χ4n) is 6.18. The molecule has 1 saturated carbocycles. The van der Waals surface area contributed by atoms with E-state index in [-0.39, 0.29) is 43.8 Å². The Morgan fingerprint density at radius 3 is 2.35 bits per heavy atom. The van der Waals surface area contributed by atoms with Gasteiger partial charge >= 0.3 is 6.18 Å². The van der Waals surface area contributed by atoms with Crippen molar-refractivity contribution in [2.24, 2.45) is 17.1 Å². The number of halogens is 4. The number of alkyl halides is 4. The zero-order valence-corrected chi connectivity index (χ0v) is 22.3. The Morgan fingerprint density at radius 2 is 1.75 bits per heavy atom. The fourth-order valence-corrected chi connectivity index (χ4v) is 6.18. The number of carbonyl (C=O) groups is 2.